The topological polar surface area (TPSA) is 42.2 Å². The molecule has 0 radical (unpaired) electrons. The predicted molar refractivity (Wildman–Crippen MR) is 79.3 cm³/mol. The van der Waals surface area contributed by atoms with Crippen LogP contribution in [0.25, 0.3) is 10.2 Å². The second kappa shape index (κ2) is 4.76. The lowest BCUT2D eigenvalue weighted by molar-refractivity contribution is 0.547. The van der Waals surface area contributed by atoms with Crippen LogP contribution in [0.3, 0.4) is 0 Å². The molecule has 2 N–H and O–H groups in total. The third-order valence-electron chi connectivity index (χ3n) is 3.73. The van der Waals surface area contributed by atoms with Gasteiger partial charge in [0.2, 0.25) is 0 Å². The van der Waals surface area contributed by atoms with Crippen molar-refractivity contribution < 1.29 is 0 Å². The smallest absolute Gasteiger partial charge is 0.186 e. The van der Waals surface area contributed by atoms with E-state index in [2.05, 4.69) is 16.9 Å². The largest absolute Gasteiger partial charge is 0.399 e. The van der Waals surface area contributed by atoms with Crippen molar-refractivity contribution >= 4 is 32.4 Å². The molecule has 1 aliphatic carbocycles. The Morgan fingerprint density at radius 3 is 2.94 bits per heavy atom. The van der Waals surface area contributed by atoms with E-state index in [1.54, 1.807) is 11.3 Å². The summed E-state index contributed by atoms with van der Waals surface area (Å²) in [6, 6.07) is 5.94. The van der Waals surface area contributed by atoms with Crippen LogP contribution in [-0.4, -0.2) is 18.6 Å². The molecule has 0 unspecified atom stereocenters. The minimum absolute atomic E-state index is 0.816. The van der Waals surface area contributed by atoms with E-state index in [4.69, 9.17) is 5.73 Å². The minimum Gasteiger partial charge on any atom is -0.399 e. The lowest BCUT2D eigenvalue weighted by Crippen LogP contribution is -2.23. The summed E-state index contributed by atoms with van der Waals surface area (Å²) in [5, 5.41) is 1.11. The molecule has 96 valence electrons. The summed E-state index contributed by atoms with van der Waals surface area (Å²) >= 11 is 1.74. The van der Waals surface area contributed by atoms with Gasteiger partial charge in [-0.3, -0.25) is 0 Å². The summed E-state index contributed by atoms with van der Waals surface area (Å²) in [4.78, 5) is 6.99. The van der Waals surface area contributed by atoms with Crippen LogP contribution < -0.4 is 10.6 Å². The molecule has 1 aromatic heterocycles. The summed E-state index contributed by atoms with van der Waals surface area (Å²) in [5.74, 6) is 0.854. The quantitative estimate of drug-likeness (QED) is 0.860. The number of aromatic nitrogens is 1. The zero-order valence-electron chi connectivity index (χ0n) is 10.7. The Hall–Kier alpha value is -1.29. The highest BCUT2D eigenvalue weighted by molar-refractivity contribution is 7.22. The number of nitrogen functional groups attached to an aromatic ring is 1. The molecule has 1 heterocycles. The van der Waals surface area contributed by atoms with E-state index < -0.39 is 0 Å². The van der Waals surface area contributed by atoms with Crippen LogP contribution in [0.2, 0.25) is 0 Å². The van der Waals surface area contributed by atoms with E-state index in [1.165, 1.54) is 30.4 Å². The molecule has 0 spiro atoms. The fourth-order valence-electron chi connectivity index (χ4n) is 2.75. The molecule has 2 aromatic rings. The third kappa shape index (κ3) is 2.29. The molecule has 3 rings (SSSR count). The molecule has 1 fully saturated rings. The zero-order chi connectivity index (χ0) is 12.5. The first-order valence-corrected chi connectivity index (χ1v) is 7.41. The summed E-state index contributed by atoms with van der Waals surface area (Å²) in [6.45, 7) is 1.13. The Labute approximate surface area is 112 Å². The second-order valence-electron chi connectivity index (χ2n) is 5.25. The molecule has 3 nitrogen and oxygen atoms in total. The van der Waals surface area contributed by atoms with Gasteiger partial charge in [0.05, 0.1) is 10.2 Å². The van der Waals surface area contributed by atoms with Gasteiger partial charge >= 0.3 is 0 Å². The highest BCUT2D eigenvalue weighted by Crippen LogP contribution is 2.32. The van der Waals surface area contributed by atoms with Gasteiger partial charge in [0.15, 0.2) is 5.13 Å². The highest BCUT2D eigenvalue weighted by Gasteiger charge is 2.18. The molecule has 18 heavy (non-hydrogen) atoms. The molecule has 0 aliphatic heterocycles. The van der Waals surface area contributed by atoms with Crippen molar-refractivity contribution in [3.63, 3.8) is 0 Å². The standard InChI is InChI=1S/C14H19N3S/c1-17(9-10-4-2-3-5-10)14-16-12-7-6-11(15)8-13(12)18-14/h6-8,10H,2-5,9,15H2,1H3. The number of nitrogens with zero attached hydrogens (tertiary/aromatic N) is 2. The van der Waals surface area contributed by atoms with Gasteiger partial charge < -0.3 is 10.6 Å². The summed E-state index contributed by atoms with van der Waals surface area (Å²) < 4.78 is 1.18. The Bertz CT molecular complexity index is 543. The number of nitrogens with two attached hydrogens (primary N) is 1. The van der Waals surface area contributed by atoms with E-state index in [0.717, 1.165) is 28.8 Å². The molecule has 1 saturated carbocycles. The Kier molecular flexibility index (Phi) is 3.12. The highest BCUT2D eigenvalue weighted by atomic mass is 32.1. The Balaban J connectivity index is 1.80. The molecule has 0 atom stereocenters. The van der Waals surface area contributed by atoms with Gasteiger partial charge in [-0.15, -0.1) is 0 Å². The number of hydrogen-bond donors (Lipinski definition) is 1. The van der Waals surface area contributed by atoms with Crippen molar-refractivity contribution in [2.75, 3.05) is 24.2 Å². The van der Waals surface area contributed by atoms with Crippen molar-refractivity contribution in [1.29, 1.82) is 0 Å². The van der Waals surface area contributed by atoms with E-state index >= 15 is 0 Å². The van der Waals surface area contributed by atoms with Gasteiger partial charge in [0, 0.05) is 19.3 Å². The van der Waals surface area contributed by atoms with Crippen LogP contribution >= 0.6 is 11.3 Å². The molecule has 4 heteroatoms. The molecule has 1 aliphatic rings. The van der Waals surface area contributed by atoms with Crippen LogP contribution in [0, 0.1) is 5.92 Å². The summed E-state index contributed by atoms with van der Waals surface area (Å²) in [5.41, 5.74) is 7.68. The third-order valence-corrected chi connectivity index (χ3v) is 4.87. The van der Waals surface area contributed by atoms with Crippen molar-refractivity contribution in [2.24, 2.45) is 5.92 Å². The monoisotopic (exact) mass is 261 g/mol. The zero-order valence-corrected chi connectivity index (χ0v) is 11.5. The molecule has 0 saturated heterocycles. The van der Waals surface area contributed by atoms with Crippen LogP contribution in [0.1, 0.15) is 25.7 Å². The molecule has 0 amide bonds. The van der Waals surface area contributed by atoms with E-state index in [9.17, 15) is 0 Å². The van der Waals surface area contributed by atoms with Crippen LogP contribution in [0.5, 0.6) is 0 Å². The Morgan fingerprint density at radius 1 is 1.39 bits per heavy atom. The van der Waals surface area contributed by atoms with Gasteiger partial charge in [-0.25, -0.2) is 4.98 Å². The minimum atomic E-state index is 0.816. The van der Waals surface area contributed by atoms with Crippen LogP contribution in [0.15, 0.2) is 18.2 Å². The predicted octanol–water partition coefficient (Wildman–Crippen LogP) is 3.50. The van der Waals surface area contributed by atoms with Crippen LogP contribution in [0.4, 0.5) is 10.8 Å². The summed E-state index contributed by atoms with van der Waals surface area (Å²) in [7, 11) is 2.15. The molecule has 0 bridgehead atoms. The van der Waals surface area contributed by atoms with Gasteiger partial charge in [-0.1, -0.05) is 24.2 Å². The van der Waals surface area contributed by atoms with Gasteiger partial charge in [-0.05, 0) is 37.0 Å². The maximum absolute atomic E-state index is 5.81. The van der Waals surface area contributed by atoms with E-state index in [1.807, 2.05) is 18.2 Å². The lowest BCUT2D eigenvalue weighted by atomic mass is 10.1. The number of rotatable bonds is 3. The van der Waals surface area contributed by atoms with Crippen molar-refractivity contribution in [3.05, 3.63) is 18.2 Å². The average Bonchev–Trinajstić information content (AvgIpc) is 2.96. The van der Waals surface area contributed by atoms with Gasteiger partial charge in [0.25, 0.3) is 0 Å². The number of anilines is 2. The normalized spacial score (nSPS) is 16.5. The Morgan fingerprint density at radius 2 is 2.17 bits per heavy atom. The van der Waals surface area contributed by atoms with Crippen molar-refractivity contribution in [3.8, 4) is 0 Å². The number of thiazole rings is 1. The molecule has 1 aromatic carbocycles. The number of fused-ring (bicyclic) bond motifs is 1. The first-order valence-electron chi connectivity index (χ1n) is 6.59. The van der Waals surface area contributed by atoms with Crippen molar-refractivity contribution in [1.82, 2.24) is 4.98 Å². The molecular weight excluding hydrogens is 242 g/mol. The molecular formula is C14H19N3S. The average molecular weight is 261 g/mol. The van der Waals surface area contributed by atoms with Gasteiger partial charge in [0.1, 0.15) is 0 Å². The fourth-order valence-corrected chi connectivity index (χ4v) is 3.73. The fraction of sp³-hybridized carbons (Fsp3) is 0.500. The lowest BCUT2D eigenvalue weighted by Gasteiger charge is -2.19. The van der Waals surface area contributed by atoms with E-state index in [-0.39, 0.29) is 0 Å². The van der Waals surface area contributed by atoms with Gasteiger partial charge in [-0.2, -0.15) is 0 Å². The maximum atomic E-state index is 5.81. The van der Waals surface area contributed by atoms with E-state index in [0.29, 0.717) is 0 Å². The first kappa shape index (κ1) is 11.8. The number of benzene rings is 1. The van der Waals surface area contributed by atoms with Crippen LogP contribution in [-0.2, 0) is 0 Å². The SMILES string of the molecule is CN(CC1CCCC1)c1nc2ccc(N)cc2s1. The second-order valence-corrected chi connectivity index (χ2v) is 6.26. The van der Waals surface area contributed by atoms with Crippen molar-refractivity contribution in [2.45, 2.75) is 25.7 Å². The number of hydrogen-bond acceptors (Lipinski definition) is 4. The maximum Gasteiger partial charge on any atom is 0.186 e. The summed E-state index contributed by atoms with van der Waals surface area (Å²) in [6.07, 6.45) is 5.55. The first-order chi connectivity index (χ1) is 8.72.